The molecule has 1 fully saturated rings. The van der Waals surface area contributed by atoms with Crippen molar-refractivity contribution in [2.75, 3.05) is 31.6 Å². The highest BCUT2D eigenvalue weighted by Gasteiger charge is 2.20. The maximum Gasteiger partial charge on any atom is 0.240 e. The Morgan fingerprint density at radius 2 is 2.16 bits per heavy atom. The molecular formula is C14H20FN3O. The Hall–Kier alpha value is -1.46. The quantitative estimate of drug-likeness (QED) is 0.893. The van der Waals surface area contributed by atoms with Crippen LogP contribution in [0, 0.1) is 5.82 Å². The number of benzene rings is 1. The minimum absolute atomic E-state index is 0.0268. The molecule has 4 nitrogen and oxygen atoms in total. The Balaban J connectivity index is 1.92. The van der Waals surface area contributed by atoms with Gasteiger partial charge in [-0.15, -0.1) is 0 Å². The van der Waals surface area contributed by atoms with E-state index in [4.69, 9.17) is 5.73 Å². The first-order chi connectivity index (χ1) is 9.06. The zero-order valence-corrected chi connectivity index (χ0v) is 11.2. The highest BCUT2D eigenvalue weighted by atomic mass is 19.1. The first kappa shape index (κ1) is 14.0. The van der Waals surface area contributed by atoms with Gasteiger partial charge in [-0.25, -0.2) is 4.39 Å². The number of nitrogens with two attached hydrogens (primary N) is 1. The summed E-state index contributed by atoms with van der Waals surface area (Å²) >= 11 is 0. The van der Waals surface area contributed by atoms with Gasteiger partial charge in [0.05, 0.1) is 6.54 Å². The molecular weight excluding hydrogens is 245 g/mol. The molecule has 1 saturated heterocycles. The summed E-state index contributed by atoms with van der Waals surface area (Å²) in [6.07, 6.45) is 1.86. The lowest BCUT2D eigenvalue weighted by atomic mass is 10.1. The van der Waals surface area contributed by atoms with E-state index in [0.717, 1.165) is 25.9 Å². The molecule has 1 aliphatic rings. The SMILES string of the molecule is CN(C(=O)CN1CCC(N)CC1)c1cccc(F)c1. The molecule has 2 N–H and O–H groups in total. The number of likely N-dealkylation sites (tertiary alicyclic amines) is 1. The third-order valence-electron chi connectivity index (χ3n) is 3.56. The van der Waals surface area contributed by atoms with Gasteiger partial charge in [-0.3, -0.25) is 9.69 Å². The van der Waals surface area contributed by atoms with E-state index in [9.17, 15) is 9.18 Å². The van der Waals surface area contributed by atoms with Crippen LogP contribution < -0.4 is 10.6 Å². The standard InChI is InChI=1S/C14H20FN3O/c1-17(13-4-2-3-11(15)9-13)14(19)10-18-7-5-12(16)6-8-18/h2-4,9,12H,5-8,10,16H2,1H3. The Bertz CT molecular complexity index is 444. The van der Waals surface area contributed by atoms with E-state index >= 15 is 0 Å². The predicted octanol–water partition coefficient (Wildman–Crippen LogP) is 1.21. The molecule has 19 heavy (non-hydrogen) atoms. The van der Waals surface area contributed by atoms with Gasteiger partial charge >= 0.3 is 0 Å². The largest absolute Gasteiger partial charge is 0.328 e. The zero-order valence-electron chi connectivity index (χ0n) is 11.2. The minimum atomic E-state index is -0.332. The number of likely N-dealkylation sites (N-methyl/N-ethyl adjacent to an activating group) is 1. The second-order valence-corrected chi connectivity index (χ2v) is 5.05. The van der Waals surface area contributed by atoms with Crippen molar-refractivity contribution in [2.45, 2.75) is 18.9 Å². The molecule has 0 radical (unpaired) electrons. The van der Waals surface area contributed by atoms with Gasteiger partial charge in [0.25, 0.3) is 0 Å². The number of hydrogen-bond acceptors (Lipinski definition) is 3. The average molecular weight is 265 g/mol. The van der Waals surface area contributed by atoms with Gasteiger partial charge in [-0.1, -0.05) is 6.07 Å². The number of carbonyl (C=O) groups excluding carboxylic acids is 1. The van der Waals surface area contributed by atoms with Gasteiger partial charge in [0.2, 0.25) is 5.91 Å². The van der Waals surface area contributed by atoms with Gasteiger partial charge in [0.1, 0.15) is 5.82 Å². The monoisotopic (exact) mass is 265 g/mol. The number of nitrogens with zero attached hydrogens (tertiary/aromatic N) is 2. The Morgan fingerprint density at radius 3 is 2.79 bits per heavy atom. The molecule has 5 heteroatoms. The average Bonchev–Trinajstić information content (AvgIpc) is 2.40. The van der Waals surface area contributed by atoms with Crippen molar-refractivity contribution < 1.29 is 9.18 Å². The first-order valence-corrected chi connectivity index (χ1v) is 6.56. The van der Waals surface area contributed by atoms with E-state index in [1.165, 1.54) is 17.0 Å². The molecule has 0 aliphatic carbocycles. The third kappa shape index (κ3) is 3.75. The van der Waals surface area contributed by atoms with E-state index in [-0.39, 0.29) is 17.8 Å². The Labute approximate surface area is 113 Å². The highest BCUT2D eigenvalue weighted by Crippen LogP contribution is 2.15. The lowest BCUT2D eigenvalue weighted by molar-refractivity contribution is -0.119. The topological polar surface area (TPSA) is 49.6 Å². The lowest BCUT2D eigenvalue weighted by Crippen LogP contribution is -2.45. The third-order valence-corrected chi connectivity index (χ3v) is 3.56. The van der Waals surface area contributed by atoms with Crippen LogP contribution in [0.25, 0.3) is 0 Å². The summed E-state index contributed by atoms with van der Waals surface area (Å²) in [4.78, 5) is 15.7. The predicted molar refractivity (Wildman–Crippen MR) is 73.5 cm³/mol. The molecule has 0 bridgehead atoms. The van der Waals surface area contributed by atoms with Crippen LogP contribution in [-0.4, -0.2) is 43.5 Å². The number of piperidine rings is 1. The summed E-state index contributed by atoms with van der Waals surface area (Å²) in [5, 5.41) is 0. The molecule has 0 unspecified atom stereocenters. The summed E-state index contributed by atoms with van der Waals surface area (Å²) in [6, 6.07) is 6.33. The lowest BCUT2D eigenvalue weighted by Gasteiger charge is -2.30. The van der Waals surface area contributed by atoms with Crippen LogP contribution in [0.1, 0.15) is 12.8 Å². The van der Waals surface area contributed by atoms with E-state index in [2.05, 4.69) is 4.90 Å². The number of rotatable bonds is 3. The molecule has 1 amide bonds. The summed E-state index contributed by atoms with van der Waals surface area (Å²) < 4.78 is 13.1. The van der Waals surface area contributed by atoms with Crippen LogP contribution in [0.15, 0.2) is 24.3 Å². The van der Waals surface area contributed by atoms with Crippen molar-refractivity contribution in [1.82, 2.24) is 4.90 Å². The van der Waals surface area contributed by atoms with E-state index in [1.807, 2.05) is 0 Å². The Morgan fingerprint density at radius 1 is 1.47 bits per heavy atom. The Kier molecular flexibility index (Phi) is 4.50. The maximum absolute atomic E-state index is 13.1. The van der Waals surface area contributed by atoms with Crippen molar-refractivity contribution in [2.24, 2.45) is 5.73 Å². The second-order valence-electron chi connectivity index (χ2n) is 5.05. The van der Waals surface area contributed by atoms with Crippen LogP contribution in [0.5, 0.6) is 0 Å². The first-order valence-electron chi connectivity index (χ1n) is 6.56. The fourth-order valence-electron chi connectivity index (χ4n) is 2.24. The fraction of sp³-hybridized carbons (Fsp3) is 0.500. The van der Waals surface area contributed by atoms with Crippen LogP contribution in [-0.2, 0) is 4.79 Å². The summed E-state index contributed by atoms with van der Waals surface area (Å²) in [7, 11) is 1.67. The van der Waals surface area contributed by atoms with Crippen molar-refractivity contribution in [3.63, 3.8) is 0 Å². The van der Waals surface area contributed by atoms with Crippen LogP contribution >= 0.6 is 0 Å². The maximum atomic E-state index is 13.1. The summed E-state index contributed by atoms with van der Waals surface area (Å²) in [5.41, 5.74) is 6.41. The van der Waals surface area contributed by atoms with Gasteiger partial charge in [-0.05, 0) is 31.0 Å². The normalized spacial score (nSPS) is 17.4. The minimum Gasteiger partial charge on any atom is -0.328 e. The smallest absolute Gasteiger partial charge is 0.240 e. The molecule has 0 aromatic heterocycles. The molecule has 2 rings (SSSR count). The molecule has 1 aromatic carbocycles. The molecule has 0 spiro atoms. The summed E-state index contributed by atoms with van der Waals surface area (Å²) in [6.45, 7) is 2.06. The second kappa shape index (κ2) is 6.12. The van der Waals surface area contributed by atoms with Crippen LogP contribution in [0.3, 0.4) is 0 Å². The van der Waals surface area contributed by atoms with Gasteiger partial charge in [-0.2, -0.15) is 0 Å². The van der Waals surface area contributed by atoms with Crippen molar-refractivity contribution in [1.29, 1.82) is 0 Å². The summed E-state index contributed by atoms with van der Waals surface area (Å²) in [5.74, 6) is -0.359. The van der Waals surface area contributed by atoms with E-state index in [1.54, 1.807) is 19.2 Å². The number of amides is 1. The molecule has 0 atom stereocenters. The van der Waals surface area contributed by atoms with Gasteiger partial charge < -0.3 is 10.6 Å². The fourth-order valence-corrected chi connectivity index (χ4v) is 2.24. The van der Waals surface area contributed by atoms with Crippen molar-refractivity contribution in [3.8, 4) is 0 Å². The number of carbonyl (C=O) groups is 1. The molecule has 0 saturated carbocycles. The number of halogens is 1. The van der Waals surface area contributed by atoms with Crippen molar-refractivity contribution >= 4 is 11.6 Å². The molecule has 104 valence electrons. The number of anilines is 1. The number of hydrogen-bond donors (Lipinski definition) is 1. The molecule has 1 aromatic rings. The van der Waals surface area contributed by atoms with Gasteiger partial charge in [0.15, 0.2) is 0 Å². The van der Waals surface area contributed by atoms with Crippen molar-refractivity contribution in [3.05, 3.63) is 30.1 Å². The highest BCUT2D eigenvalue weighted by molar-refractivity contribution is 5.94. The van der Waals surface area contributed by atoms with Crippen LogP contribution in [0.4, 0.5) is 10.1 Å². The van der Waals surface area contributed by atoms with Gasteiger partial charge in [0, 0.05) is 31.9 Å². The zero-order chi connectivity index (χ0) is 13.8. The van der Waals surface area contributed by atoms with E-state index in [0.29, 0.717) is 12.2 Å². The van der Waals surface area contributed by atoms with E-state index < -0.39 is 0 Å². The molecule has 1 heterocycles. The molecule has 1 aliphatic heterocycles. The van der Waals surface area contributed by atoms with Crippen LogP contribution in [0.2, 0.25) is 0 Å².